The van der Waals surface area contributed by atoms with Gasteiger partial charge in [-0.15, -0.1) is 0 Å². The van der Waals surface area contributed by atoms with E-state index < -0.39 is 11.8 Å². The first kappa shape index (κ1) is 6.92. The van der Waals surface area contributed by atoms with Crippen molar-refractivity contribution in [3.63, 3.8) is 0 Å². The summed E-state index contributed by atoms with van der Waals surface area (Å²) in [7, 11) is 1.54. The molecule has 0 saturated heterocycles. The van der Waals surface area contributed by atoms with E-state index in [0.717, 1.165) is 12.1 Å². The van der Waals surface area contributed by atoms with Gasteiger partial charge in [0.05, 0.1) is 0 Å². The fourth-order valence-corrected chi connectivity index (χ4v) is 0.594. The van der Waals surface area contributed by atoms with Gasteiger partial charge in [-0.3, -0.25) is 0 Å². The molecule has 1 aromatic rings. The summed E-state index contributed by atoms with van der Waals surface area (Å²) in [5.74, 6) is -1.25. The summed E-state index contributed by atoms with van der Waals surface area (Å²) < 4.78 is 24.5. The molecular formula is C6H6F2N2. The molecule has 0 aliphatic rings. The lowest BCUT2D eigenvalue weighted by atomic mass is 10.4. The normalized spacial score (nSPS) is 9.50. The number of aromatic nitrogens is 1. The van der Waals surface area contributed by atoms with Crippen LogP contribution in [0, 0.1) is 11.8 Å². The number of rotatable bonds is 1. The van der Waals surface area contributed by atoms with E-state index in [1.807, 2.05) is 0 Å². The van der Waals surface area contributed by atoms with Crippen LogP contribution in [0.25, 0.3) is 0 Å². The van der Waals surface area contributed by atoms with Gasteiger partial charge in [0.2, 0.25) is 5.95 Å². The third kappa shape index (κ3) is 1.40. The Hall–Kier alpha value is -1.19. The minimum Gasteiger partial charge on any atom is -0.373 e. The minimum atomic E-state index is -0.815. The summed E-state index contributed by atoms with van der Waals surface area (Å²) in [6.07, 6.45) is 0. The van der Waals surface area contributed by atoms with E-state index in [-0.39, 0.29) is 5.82 Å². The van der Waals surface area contributed by atoms with Gasteiger partial charge in [-0.2, -0.15) is 4.39 Å². The fraction of sp³-hybridized carbons (Fsp3) is 0.167. The van der Waals surface area contributed by atoms with Crippen molar-refractivity contribution < 1.29 is 8.78 Å². The molecule has 0 radical (unpaired) electrons. The highest BCUT2D eigenvalue weighted by molar-refractivity contribution is 5.32. The number of pyridine rings is 1. The van der Waals surface area contributed by atoms with Crippen LogP contribution in [-0.2, 0) is 0 Å². The highest BCUT2D eigenvalue weighted by Crippen LogP contribution is 2.06. The Morgan fingerprint density at radius 1 is 1.40 bits per heavy atom. The number of nitrogens with one attached hydrogen (secondary N) is 1. The second-order valence-electron chi connectivity index (χ2n) is 1.74. The number of anilines is 1. The second-order valence-corrected chi connectivity index (χ2v) is 1.74. The highest BCUT2D eigenvalue weighted by atomic mass is 19.1. The van der Waals surface area contributed by atoms with Gasteiger partial charge in [0.1, 0.15) is 11.6 Å². The molecule has 0 aromatic carbocycles. The van der Waals surface area contributed by atoms with Gasteiger partial charge in [0.25, 0.3) is 0 Å². The zero-order valence-electron chi connectivity index (χ0n) is 5.36. The maximum Gasteiger partial charge on any atom is 0.217 e. The zero-order chi connectivity index (χ0) is 7.56. The molecule has 0 aliphatic carbocycles. The zero-order valence-corrected chi connectivity index (χ0v) is 5.36. The Bertz CT molecular complexity index is 217. The van der Waals surface area contributed by atoms with Gasteiger partial charge in [-0.05, 0) is 0 Å². The van der Waals surface area contributed by atoms with Crippen LogP contribution in [0.5, 0.6) is 0 Å². The molecule has 1 heterocycles. The van der Waals surface area contributed by atoms with Crippen molar-refractivity contribution in [2.45, 2.75) is 0 Å². The Morgan fingerprint density at radius 3 is 2.60 bits per heavy atom. The van der Waals surface area contributed by atoms with Crippen LogP contribution in [0.3, 0.4) is 0 Å². The lowest BCUT2D eigenvalue weighted by Gasteiger charge is -1.97. The second kappa shape index (κ2) is 2.60. The monoisotopic (exact) mass is 144 g/mol. The summed E-state index contributed by atoms with van der Waals surface area (Å²) in [4.78, 5) is 3.33. The Labute approximate surface area is 56.9 Å². The van der Waals surface area contributed by atoms with Crippen molar-refractivity contribution in [2.75, 3.05) is 12.4 Å². The van der Waals surface area contributed by atoms with Crippen LogP contribution in [0.4, 0.5) is 14.6 Å². The first-order valence-electron chi connectivity index (χ1n) is 2.73. The molecule has 4 heteroatoms. The van der Waals surface area contributed by atoms with E-state index in [0.29, 0.717) is 0 Å². The van der Waals surface area contributed by atoms with Crippen molar-refractivity contribution in [2.24, 2.45) is 0 Å². The maximum atomic E-state index is 12.3. The van der Waals surface area contributed by atoms with E-state index in [1.165, 1.54) is 0 Å². The standard InChI is InChI=1S/C6H6F2N2/c1-9-6-3-4(7)2-5(8)10-6/h2-3H,1H3,(H,9,10). The summed E-state index contributed by atoms with van der Waals surface area (Å²) in [6.45, 7) is 0. The van der Waals surface area contributed by atoms with Crippen molar-refractivity contribution in [1.29, 1.82) is 0 Å². The summed E-state index contributed by atoms with van der Waals surface area (Å²) in [5, 5.41) is 2.52. The van der Waals surface area contributed by atoms with E-state index in [4.69, 9.17) is 0 Å². The molecule has 0 spiro atoms. The van der Waals surface area contributed by atoms with Crippen molar-refractivity contribution in [1.82, 2.24) is 4.98 Å². The molecule has 54 valence electrons. The predicted molar refractivity (Wildman–Crippen MR) is 33.7 cm³/mol. The Balaban J connectivity index is 3.06. The average molecular weight is 144 g/mol. The average Bonchev–Trinajstić information content (AvgIpc) is 1.85. The Kier molecular flexibility index (Phi) is 1.80. The third-order valence-electron chi connectivity index (χ3n) is 1.01. The van der Waals surface area contributed by atoms with E-state index in [1.54, 1.807) is 7.05 Å². The molecule has 0 aliphatic heterocycles. The molecule has 0 bridgehead atoms. The first-order chi connectivity index (χ1) is 4.72. The highest BCUT2D eigenvalue weighted by Gasteiger charge is 1.98. The number of hydrogen-bond acceptors (Lipinski definition) is 2. The Morgan fingerprint density at radius 2 is 2.10 bits per heavy atom. The van der Waals surface area contributed by atoms with Gasteiger partial charge in [0.15, 0.2) is 0 Å². The lowest BCUT2D eigenvalue weighted by molar-refractivity contribution is 0.554. The van der Waals surface area contributed by atoms with Gasteiger partial charge in [0, 0.05) is 19.2 Å². The number of hydrogen-bond donors (Lipinski definition) is 1. The van der Waals surface area contributed by atoms with Crippen LogP contribution in [0.2, 0.25) is 0 Å². The summed E-state index contributed by atoms with van der Waals surface area (Å²) >= 11 is 0. The molecule has 0 fully saturated rings. The van der Waals surface area contributed by atoms with Gasteiger partial charge >= 0.3 is 0 Å². The molecule has 10 heavy (non-hydrogen) atoms. The molecule has 2 nitrogen and oxygen atoms in total. The van der Waals surface area contributed by atoms with Crippen molar-refractivity contribution in [3.05, 3.63) is 23.9 Å². The van der Waals surface area contributed by atoms with Gasteiger partial charge in [-0.1, -0.05) is 0 Å². The summed E-state index contributed by atoms with van der Waals surface area (Å²) in [5.41, 5.74) is 0. The SMILES string of the molecule is CNc1cc(F)cc(F)n1. The number of nitrogens with zero attached hydrogens (tertiary/aromatic N) is 1. The smallest absolute Gasteiger partial charge is 0.217 e. The summed E-state index contributed by atoms with van der Waals surface area (Å²) in [6, 6.07) is 1.84. The lowest BCUT2D eigenvalue weighted by Crippen LogP contribution is -1.95. The third-order valence-corrected chi connectivity index (χ3v) is 1.01. The minimum absolute atomic E-state index is 0.192. The fourth-order valence-electron chi connectivity index (χ4n) is 0.594. The van der Waals surface area contributed by atoms with Crippen LogP contribution < -0.4 is 5.32 Å². The quantitative estimate of drug-likeness (QED) is 0.602. The van der Waals surface area contributed by atoms with Gasteiger partial charge in [-0.25, -0.2) is 9.37 Å². The van der Waals surface area contributed by atoms with Crippen molar-refractivity contribution >= 4 is 5.82 Å². The topological polar surface area (TPSA) is 24.9 Å². The maximum absolute atomic E-state index is 12.3. The molecule has 0 amide bonds. The first-order valence-corrected chi connectivity index (χ1v) is 2.73. The van der Waals surface area contributed by atoms with Crippen LogP contribution in [-0.4, -0.2) is 12.0 Å². The molecule has 1 rings (SSSR count). The van der Waals surface area contributed by atoms with E-state index in [2.05, 4.69) is 10.3 Å². The largest absolute Gasteiger partial charge is 0.373 e. The number of halogens is 2. The molecule has 0 saturated carbocycles. The van der Waals surface area contributed by atoms with Crippen LogP contribution >= 0.6 is 0 Å². The molecule has 1 N–H and O–H groups in total. The van der Waals surface area contributed by atoms with Crippen LogP contribution in [0.15, 0.2) is 12.1 Å². The van der Waals surface area contributed by atoms with Crippen LogP contribution in [0.1, 0.15) is 0 Å². The van der Waals surface area contributed by atoms with E-state index in [9.17, 15) is 8.78 Å². The predicted octanol–water partition coefficient (Wildman–Crippen LogP) is 1.40. The molecular weight excluding hydrogens is 138 g/mol. The van der Waals surface area contributed by atoms with Crippen molar-refractivity contribution in [3.8, 4) is 0 Å². The molecule has 0 unspecified atom stereocenters. The van der Waals surface area contributed by atoms with Gasteiger partial charge < -0.3 is 5.32 Å². The molecule has 0 atom stereocenters. The molecule has 1 aromatic heterocycles. The van der Waals surface area contributed by atoms with E-state index >= 15 is 0 Å².